The third kappa shape index (κ3) is 6.13. The molecule has 0 aromatic heterocycles. The van der Waals surface area contributed by atoms with E-state index in [0.29, 0.717) is 0 Å². The molecule has 120 valence electrons. The molecule has 0 heterocycles. The quantitative estimate of drug-likeness (QED) is 0.596. The SMILES string of the molecule is CCCCCN(C)C1CC(CCC)CCC1NCCC. The van der Waals surface area contributed by atoms with Crippen LogP contribution in [-0.4, -0.2) is 37.1 Å². The van der Waals surface area contributed by atoms with E-state index in [1.165, 1.54) is 70.9 Å². The van der Waals surface area contributed by atoms with Crippen molar-refractivity contribution >= 4 is 0 Å². The zero-order chi connectivity index (χ0) is 14.8. The highest BCUT2D eigenvalue weighted by Crippen LogP contribution is 2.30. The largest absolute Gasteiger partial charge is 0.312 e. The summed E-state index contributed by atoms with van der Waals surface area (Å²) in [5, 5.41) is 3.81. The molecule has 0 spiro atoms. The molecule has 2 heteroatoms. The molecule has 0 bridgehead atoms. The number of nitrogens with zero attached hydrogens (tertiary/aromatic N) is 1. The summed E-state index contributed by atoms with van der Waals surface area (Å²) in [5.41, 5.74) is 0. The standard InChI is InChI=1S/C18H38N2/c1-5-8-9-14-20(4)18-15-16(10-6-2)11-12-17(18)19-13-7-3/h16-19H,5-15H2,1-4H3. The maximum absolute atomic E-state index is 3.81. The van der Waals surface area contributed by atoms with Crippen LogP contribution in [-0.2, 0) is 0 Å². The number of likely N-dealkylation sites (N-methyl/N-ethyl adjacent to an activating group) is 1. The molecule has 0 radical (unpaired) electrons. The Bertz CT molecular complexity index is 229. The highest BCUT2D eigenvalue weighted by atomic mass is 15.2. The van der Waals surface area contributed by atoms with Gasteiger partial charge in [-0.2, -0.15) is 0 Å². The summed E-state index contributed by atoms with van der Waals surface area (Å²) in [6, 6.07) is 1.50. The molecule has 1 fully saturated rings. The van der Waals surface area contributed by atoms with Gasteiger partial charge in [0.15, 0.2) is 0 Å². The molecule has 3 atom stereocenters. The minimum absolute atomic E-state index is 0.731. The molecule has 2 nitrogen and oxygen atoms in total. The average molecular weight is 283 g/mol. The van der Waals surface area contributed by atoms with Crippen molar-refractivity contribution in [2.45, 2.75) is 90.6 Å². The van der Waals surface area contributed by atoms with Gasteiger partial charge < -0.3 is 10.2 Å². The maximum atomic E-state index is 3.81. The van der Waals surface area contributed by atoms with E-state index in [9.17, 15) is 0 Å². The van der Waals surface area contributed by atoms with E-state index in [2.05, 4.69) is 38.0 Å². The Morgan fingerprint density at radius 3 is 2.45 bits per heavy atom. The highest BCUT2D eigenvalue weighted by molar-refractivity contribution is 4.90. The van der Waals surface area contributed by atoms with E-state index in [-0.39, 0.29) is 0 Å². The molecule has 0 aromatic rings. The Morgan fingerprint density at radius 1 is 1.00 bits per heavy atom. The van der Waals surface area contributed by atoms with Gasteiger partial charge in [0.1, 0.15) is 0 Å². The normalized spacial score (nSPS) is 27.1. The van der Waals surface area contributed by atoms with Gasteiger partial charge in [-0.15, -0.1) is 0 Å². The molecule has 0 aromatic carbocycles. The van der Waals surface area contributed by atoms with Crippen LogP contribution in [0.2, 0.25) is 0 Å². The first-order valence-electron chi connectivity index (χ1n) is 9.16. The zero-order valence-electron chi connectivity index (χ0n) is 14.5. The van der Waals surface area contributed by atoms with E-state index in [1.54, 1.807) is 0 Å². The fourth-order valence-corrected chi connectivity index (χ4v) is 3.73. The number of rotatable bonds is 10. The van der Waals surface area contributed by atoms with Crippen molar-refractivity contribution in [1.82, 2.24) is 10.2 Å². The summed E-state index contributed by atoms with van der Waals surface area (Å²) in [6.45, 7) is 9.37. The average Bonchev–Trinajstić information content (AvgIpc) is 2.46. The van der Waals surface area contributed by atoms with Crippen LogP contribution in [0.15, 0.2) is 0 Å². The van der Waals surface area contributed by atoms with Crippen molar-refractivity contribution in [3.63, 3.8) is 0 Å². The van der Waals surface area contributed by atoms with Crippen LogP contribution in [0.3, 0.4) is 0 Å². The van der Waals surface area contributed by atoms with Gasteiger partial charge in [0.25, 0.3) is 0 Å². The van der Waals surface area contributed by atoms with Crippen LogP contribution < -0.4 is 5.32 Å². The Balaban J connectivity index is 2.50. The van der Waals surface area contributed by atoms with Crippen LogP contribution in [0.5, 0.6) is 0 Å². The predicted molar refractivity (Wildman–Crippen MR) is 90.3 cm³/mol. The topological polar surface area (TPSA) is 15.3 Å². The minimum atomic E-state index is 0.731. The Morgan fingerprint density at radius 2 is 1.80 bits per heavy atom. The van der Waals surface area contributed by atoms with Gasteiger partial charge in [-0.3, -0.25) is 0 Å². The molecule has 1 saturated carbocycles. The van der Waals surface area contributed by atoms with Crippen molar-refractivity contribution in [1.29, 1.82) is 0 Å². The second-order valence-corrected chi connectivity index (χ2v) is 6.78. The van der Waals surface area contributed by atoms with Gasteiger partial charge in [0.05, 0.1) is 0 Å². The molecule has 0 saturated heterocycles. The van der Waals surface area contributed by atoms with Crippen molar-refractivity contribution in [3.8, 4) is 0 Å². The molecule has 20 heavy (non-hydrogen) atoms. The summed E-state index contributed by atoms with van der Waals surface area (Å²) in [4.78, 5) is 2.66. The van der Waals surface area contributed by atoms with Crippen LogP contribution in [0.1, 0.15) is 78.6 Å². The van der Waals surface area contributed by atoms with Crippen LogP contribution in [0.4, 0.5) is 0 Å². The van der Waals surface area contributed by atoms with Crippen molar-refractivity contribution < 1.29 is 0 Å². The smallest absolute Gasteiger partial charge is 0.0248 e. The van der Waals surface area contributed by atoms with E-state index < -0.39 is 0 Å². The molecule has 1 aliphatic carbocycles. The van der Waals surface area contributed by atoms with Crippen molar-refractivity contribution in [3.05, 3.63) is 0 Å². The summed E-state index contributed by atoms with van der Waals surface area (Å²) in [6.07, 6.45) is 12.3. The fraction of sp³-hybridized carbons (Fsp3) is 1.00. The number of hydrogen-bond donors (Lipinski definition) is 1. The molecule has 1 N–H and O–H groups in total. The van der Waals surface area contributed by atoms with Gasteiger partial charge in [0, 0.05) is 12.1 Å². The van der Waals surface area contributed by atoms with Crippen molar-refractivity contribution in [2.24, 2.45) is 5.92 Å². The molecular formula is C18H38N2. The third-order valence-corrected chi connectivity index (χ3v) is 4.96. The van der Waals surface area contributed by atoms with E-state index in [0.717, 1.165) is 18.0 Å². The monoisotopic (exact) mass is 282 g/mol. The van der Waals surface area contributed by atoms with Crippen LogP contribution in [0, 0.1) is 5.92 Å². The van der Waals surface area contributed by atoms with E-state index >= 15 is 0 Å². The molecule has 0 aliphatic heterocycles. The lowest BCUT2D eigenvalue weighted by atomic mass is 9.79. The molecule has 1 aliphatic rings. The zero-order valence-corrected chi connectivity index (χ0v) is 14.5. The second-order valence-electron chi connectivity index (χ2n) is 6.78. The molecular weight excluding hydrogens is 244 g/mol. The van der Waals surface area contributed by atoms with Crippen LogP contribution >= 0.6 is 0 Å². The molecule has 3 unspecified atom stereocenters. The summed E-state index contributed by atoms with van der Waals surface area (Å²) in [7, 11) is 2.36. The van der Waals surface area contributed by atoms with Gasteiger partial charge in [-0.25, -0.2) is 0 Å². The Hall–Kier alpha value is -0.0800. The van der Waals surface area contributed by atoms with Crippen molar-refractivity contribution in [2.75, 3.05) is 20.1 Å². The lowest BCUT2D eigenvalue weighted by Crippen LogP contribution is -2.52. The lowest BCUT2D eigenvalue weighted by Gasteiger charge is -2.42. The molecule has 1 rings (SSSR count). The second kappa shape index (κ2) is 10.6. The summed E-state index contributed by atoms with van der Waals surface area (Å²) >= 11 is 0. The lowest BCUT2D eigenvalue weighted by molar-refractivity contribution is 0.114. The maximum Gasteiger partial charge on any atom is 0.0248 e. The number of hydrogen-bond acceptors (Lipinski definition) is 2. The first-order valence-corrected chi connectivity index (χ1v) is 9.16. The Labute approximate surface area is 127 Å². The summed E-state index contributed by atoms with van der Waals surface area (Å²) < 4.78 is 0. The third-order valence-electron chi connectivity index (χ3n) is 4.96. The molecule has 0 amide bonds. The predicted octanol–water partition coefficient (Wildman–Crippen LogP) is 4.45. The minimum Gasteiger partial charge on any atom is -0.312 e. The van der Waals surface area contributed by atoms with E-state index in [1.807, 2.05) is 0 Å². The van der Waals surface area contributed by atoms with Gasteiger partial charge in [-0.1, -0.05) is 46.5 Å². The van der Waals surface area contributed by atoms with Gasteiger partial charge in [0.2, 0.25) is 0 Å². The first-order chi connectivity index (χ1) is 9.72. The van der Waals surface area contributed by atoms with Crippen LogP contribution in [0.25, 0.3) is 0 Å². The number of nitrogens with one attached hydrogen (secondary N) is 1. The van der Waals surface area contributed by atoms with Gasteiger partial charge >= 0.3 is 0 Å². The summed E-state index contributed by atoms with van der Waals surface area (Å²) in [5.74, 6) is 0.971. The first kappa shape index (κ1) is 18.0. The van der Waals surface area contributed by atoms with E-state index in [4.69, 9.17) is 0 Å². The Kier molecular flexibility index (Phi) is 9.54. The number of unbranched alkanes of at least 4 members (excludes halogenated alkanes) is 2. The highest BCUT2D eigenvalue weighted by Gasteiger charge is 2.31. The fourth-order valence-electron chi connectivity index (χ4n) is 3.73. The van der Waals surface area contributed by atoms with Gasteiger partial charge in [-0.05, 0) is 58.2 Å².